The maximum atomic E-state index is 5.89. The molecule has 1 aromatic heterocycles. The number of rotatable bonds is 2. The summed E-state index contributed by atoms with van der Waals surface area (Å²) < 4.78 is 1.22. The van der Waals surface area contributed by atoms with Crippen molar-refractivity contribution in [2.45, 2.75) is 6.92 Å². The van der Waals surface area contributed by atoms with E-state index in [1.54, 1.807) is 0 Å². The van der Waals surface area contributed by atoms with Crippen molar-refractivity contribution < 1.29 is 0 Å². The van der Waals surface area contributed by atoms with E-state index < -0.39 is 0 Å². The van der Waals surface area contributed by atoms with E-state index in [2.05, 4.69) is 57.2 Å². The fraction of sp³-hybridized carbons (Fsp3) is 0.0625. The molecule has 4 heteroatoms. The largest absolute Gasteiger partial charge is 0.399 e. The molecule has 0 atom stereocenters. The Morgan fingerprint density at radius 3 is 2.55 bits per heavy atom. The molecule has 0 unspecified atom stereocenters. The summed E-state index contributed by atoms with van der Waals surface area (Å²) in [4.78, 5) is 4.54. The van der Waals surface area contributed by atoms with Crippen LogP contribution in [0.3, 0.4) is 0 Å². The van der Waals surface area contributed by atoms with Crippen LogP contribution in [0.1, 0.15) is 5.69 Å². The molecule has 0 amide bonds. The molecule has 3 nitrogen and oxygen atoms in total. The minimum Gasteiger partial charge on any atom is -0.399 e. The van der Waals surface area contributed by atoms with Crippen molar-refractivity contribution in [1.82, 2.24) is 4.98 Å². The number of nitrogens with one attached hydrogen (secondary N) is 1. The number of benzene rings is 2. The van der Waals surface area contributed by atoms with Crippen molar-refractivity contribution in [1.29, 1.82) is 0 Å². The van der Waals surface area contributed by atoms with Gasteiger partial charge in [-0.15, -0.1) is 0 Å². The number of hydrogen-bond acceptors (Lipinski definition) is 3. The van der Waals surface area contributed by atoms with Crippen molar-refractivity contribution >= 4 is 50.6 Å². The number of nitrogens with two attached hydrogens (primary N) is 1. The van der Waals surface area contributed by atoms with Crippen molar-refractivity contribution in [3.05, 3.63) is 57.8 Å². The zero-order valence-corrected chi connectivity index (χ0v) is 13.2. The Morgan fingerprint density at radius 1 is 1.05 bits per heavy atom. The fourth-order valence-corrected chi connectivity index (χ4v) is 2.53. The van der Waals surface area contributed by atoms with Crippen LogP contribution in [0.4, 0.5) is 17.1 Å². The Bertz CT molecular complexity index is 767. The summed E-state index contributed by atoms with van der Waals surface area (Å²) in [6, 6.07) is 16.1. The van der Waals surface area contributed by atoms with Gasteiger partial charge in [-0.2, -0.15) is 0 Å². The van der Waals surface area contributed by atoms with Crippen LogP contribution in [-0.4, -0.2) is 4.98 Å². The second-order valence-electron chi connectivity index (χ2n) is 4.72. The van der Waals surface area contributed by atoms with Crippen molar-refractivity contribution in [2.24, 2.45) is 0 Å². The second kappa shape index (κ2) is 5.28. The zero-order valence-electron chi connectivity index (χ0n) is 11.0. The lowest BCUT2D eigenvalue weighted by atomic mass is 10.1. The summed E-state index contributed by atoms with van der Waals surface area (Å²) in [5, 5.41) is 4.48. The molecule has 0 saturated heterocycles. The molecule has 2 aromatic carbocycles. The fourth-order valence-electron chi connectivity index (χ4n) is 2.17. The minimum absolute atomic E-state index is 0.744. The van der Waals surface area contributed by atoms with Crippen molar-refractivity contribution in [3.8, 4) is 0 Å². The highest BCUT2D eigenvalue weighted by molar-refractivity contribution is 14.1. The van der Waals surface area contributed by atoms with Gasteiger partial charge in [0.15, 0.2) is 0 Å². The molecule has 0 aliphatic heterocycles. The lowest BCUT2D eigenvalue weighted by molar-refractivity contribution is 1.25. The van der Waals surface area contributed by atoms with Crippen molar-refractivity contribution in [3.63, 3.8) is 0 Å². The highest BCUT2D eigenvalue weighted by Gasteiger charge is 2.05. The molecule has 0 radical (unpaired) electrons. The Kier molecular flexibility index (Phi) is 3.48. The average Bonchev–Trinajstić information content (AvgIpc) is 2.42. The number of aromatic nitrogens is 1. The third-order valence-corrected chi connectivity index (χ3v) is 3.80. The molecule has 1 heterocycles. The molecule has 0 spiro atoms. The molecular weight excluding hydrogens is 361 g/mol. The van der Waals surface area contributed by atoms with Gasteiger partial charge in [-0.3, -0.25) is 4.98 Å². The number of fused-ring (bicyclic) bond motifs is 1. The summed E-state index contributed by atoms with van der Waals surface area (Å²) in [5.41, 5.74) is 10.6. The van der Waals surface area contributed by atoms with Crippen LogP contribution in [0.5, 0.6) is 0 Å². The van der Waals surface area contributed by atoms with Crippen LogP contribution in [0, 0.1) is 10.5 Å². The van der Waals surface area contributed by atoms with Gasteiger partial charge >= 0.3 is 0 Å². The number of halogens is 1. The van der Waals surface area contributed by atoms with Gasteiger partial charge in [0.25, 0.3) is 0 Å². The van der Waals surface area contributed by atoms with E-state index in [0.717, 1.165) is 33.7 Å². The second-order valence-corrected chi connectivity index (χ2v) is 5.97. The quantitative estimate of drug-likeness (QED) is 0.513. The number of hydrogen-bond donors (Lipinski definition) is 2. The Labute approximate surface area is 131 Å². The number of aryl methyl sites for hydroxylation is 1. The van der Waals surface area contributed by atoms with E-state index in [-0.39, 0.29) is 0 Å². The minimum atomic E-state index is 0.744. The van der Waals surface area contributed by atoms with E-state index in [0.29, 0.717) is 0 Å². The van der Waals surface area contributed by atoms with Crippen molar-refractivity contribution in [2.75, 3.05) is 11.1 Å². The number of pyridine rings is 1. The molecule has 0 bridgehead atoms. The highest BCUT2D eigenvalue weighted by atomic mass is 127. The first-order chi connectivity index (χ1) is 9.61. The molecule has 0 saturated carbocycles. The Balaban J connectivity index is 2.10. The Morgan fingerprint density at radius 2 is 1.80 bits per heavy atom. The molecule has 3 aromatic rings. The van der Waals surface area contributed by atoms with Gasteiger partial charge in [0.1, 0.15) is 0 Å². The van der Waals surface area contributed by atoms with Crippen LogP contribution in [0.15, 0.2) is 48.5 Å². The van der Waals surface area contributed by atoms with Crippen LogP contribution in [0.2, 0.25) is 0 Å². The Hall–Kier alpha value is -1.82. The topological polar surface area (TPSA) is 50.9 Å². The molecule has 3 rings (SSSR count). The average molecular weight is 375 g/mol. The van der Waals surface area contributed by atoms with Gasteiger partial charge in [-0.05, 0) is 78.0 Å². The third-order valence-electron chi connectivity index (χ3n) is 3.08. The van der Waals surface area contributed by atoms with Crippen LogP contribution in [-0.2, 0) is 0 Å². The smallest absolute Gasteiger partial charge is 0.0727 e. The van der Waals surface area contributed by atoms with Gasteiger partial charge in [-0.1, -0.05) is 0 Å². The molecule has 20 heavy (non-hydrogen) atoms. The zero-order chi connectivity index (χ0) is 14.1. The van der Waals surface area contributed by atoms with Crippen LogP contribution >= 0.6 is 22.6 Å². The first-order valence-electron chi connectivity index (χ1n) is 6.31. The first-order valence-corrected chi connectivity index (χ1v) is 7.39. The molecule has 3 N–H and O–H groups in total. The van der Waals surface area contributed by atoms with E-state index in [4.69, 9.17) is 5.73 Å². The molecular formula is C16H14IN3. The summed E-state index contributed by atoms with van der Waals surface area (Å²) in [6.45, 7) is 1.99. The van der Waals surface area contributed by atoms with Gasteiger partial charge < -0.3 is 11.1 Å². The summed E-state index contributed by atoms with van der Waals surface area (Å²) in [7, 11) is 0. The maximum Gasteiger partial charge on any atom is 0.0727 e. The maximum absolute atomic E-state index is 5.89. The lowest BCUT2D eigenvalue weighted by Gasteiger charge is -2.11. The van der Waals surface area contributed by atoms with Gasteiger partial charge in [0.2, 0.25) is 0 Å². The standard InChI is InChI=1S/C16H14IN3/c1-10-8-16(20-13-5-2-11(17)3-6-13)14-9-12(18)4-7-15(14)19-10/h2-9H,18H2,1H3,(H,19,20). The SMILES string of the molecule is Cc1cc(Nc2ccc(I)cc2)c2cc(N)ccc2n1. The number of nitrogens with zero attached hydrogens (tertiary/aromatic N) is 1. The summed E-state index contributed by atoms with van der Waals surface area (Å²) >= 11 is 2.30. The van der Waals surface area contributed by atoms with E-state index in [9.17, 15) is 0 Å². The number of anilines is 3. The monoisotopic (exact) mass is 375 g/mol. The first kappa shape index (κ1) is 13.2. The molecule has 0 aliphatic carbocycles. The summed E-state index contributed by atoms with van der Waals surface area (Å²) in [5.74, 6) is 0. The van der Waals surface area contributed by atoms with Gasteiger partial charge in [0.05, 0.1) is 5.52 Å². The number of nitrogen functional groups attached to an aromatic ring is 1. The lowest BCUT2D eigenvalue weighted by Crippen LogP contribution is -1.95. The predicted octanol–water partition coefficient (Wildman–Crippen LogP) is 4.47. The molecule has 0 aliphatic rings. The third kappa shape index (κ3) is 2.70. The van der Waals surface area contributed by atoms with E-state index >= 15 is 0 Å². The molecule has 0 fully saturated rings. The predicted molar refractivity (Wildman–Crippen MR) is 93.3 cm³/mol. The van der Waals surface area contributed by atoms with Crippen LogP contribution in [0.25, 0.3) is 10.9 Å². The van der Waals surface area contributed by atoms with E-state index in [1.807, 2.05) is 31.2 Å². The highest BCUT2D eigenvalue weighted by Crippen LogP contribution is 2.28. The van der Waals surface area contributed by atoms with Crippen LogP contribution < -0.4 is 11.1 Å². The summed E-state index contributed by atoms with van der Waals surface area (Å²) in [6.07, 6.45) is 0. The van der Waals surface area contributed by atoms with Gasteiger partial charge in [-0.25, -0.2) is 0 Å². The molecule has 100 valence electrons. The van der Waals surface area contributed by atoms with Gasteiger partial charge in [0, 0.05) is 31.7 Å². The van der Waals surface area contributed by atoms with E-state index in [1.165, 1.54) is 3.57 Å². The normalized spacial score (nSPS) is 10.7.